The molecule has 38 heavy (non-hydrogen) atoms. The molecule has 7 nitrogen and oxygen atoms in total. The molecule has 0 saturated heterocycles. The third-order valence-corrected chi connectivity index (χ3v) is 8.88. The van der Waals surface area contributed by atoms with Gasteiger partial charge in [0.1, 0.15) is 12.6 Å². The monoisotopic (exact) mass is 601 g/mol. The highest BCUT2D eigenvalue weighted by Crippen LogP contribution is 2.27. The molecule has 1 fully saturated rings. The number of hydrogen-bond donors (Lipinski definition) is 1. The lowest BCUT2D eigenvalue weighted by molar-refractivity contribution is -0.140. The molecule has 0 aliphatic heterocycles. The van der Waals surface area contributed by atoms with Crippen molar-refractivity contribution in [3.05, 3.63) is 62.6 Å². The average molecular weight is 603 g/mol. The van der Waals surface area contributed by atoms with Gasteiger partial charge in [-0.15, -0.1) is 0 Å². The van der Waals surface area contributed by atoms with Crippen molar-refractivity contribution in [2.45, 2.75) is 71.0 Å². The van der Waals surface area contributed by atoms with E-state index in [1.165, 1.54) is 4.90 Å². The zero-order valence-electron chi connectivity index (χ0n) is 21.8. The van der Waals surface area contributed by atoms with Crippen LogP contribution in [-0.2, 0) is 26.2 Å². The van der Waals surface area contributed by atoms with Crippen LogP contribution in [0.5, 0.6) is 0 Å². The summed E-state index contributed by atoms with van der Waals surface area (Å²) in [4.78, 5) is 28.7. The number of halogens is 3. The predicted octanol–water partition coefficient (Wildman–Crippen LogP) is 5.98. The summed E-state index contributed by atoms with van der Waals surface area (Å²) < 4.78 is 26.7. The van der Waals surface area contributed by atoms with E-state index in [-0.39, 0.29) is 18.5 Å². The average Bonchev–Trinajstić information content (AvgIpc) is 2.85. The van der Waals surface area contributed by atoms with Crippen LogP contribution in [0.15, 0.2) is 36.4 Å². The summed E-state index contributed by atoms with van der Waals surface area (Å²) in [6.45, 7) is 3.14. The Morgan fingerprint density at radius 2 is 1.71 bits per heavy atom. The zero-order chi connectivity index (χ0) is 28.0. The molecular formula is C27H34Cl3N3O4S. The van der Waals surface area contributed by atoms with E-state index in [0.717, 1.165) is 42.7 Å². The zero-order valence-corrected chi connectivity index (χ0v) is 24.9. The third-order valence-electron chi connectivity index (χ3n) is 6.78. The lowest BCUT2D eigenvalue weighted by Gasteiger charge is -2.34. The van der Waals surface area contributed by atoms with Gasteiger partial charge in [-0.05, 0) is 67.6 Å². The standard InChI is InChI=1S/C27H34Cl3N3O4S/c1-4-24(27(35)31-21-8-6-5-7-9-21)32(16-19-10-12-22(29)23(30)15-19)26(34)17-33(38(3,36)37)25-13-11-20(28)14-18(25)2/h10-15,21,24H,4-9,16-17H2,1-3H3,(H,31,35). The summed E-state index contributed by atoms with van der Waals surface area (Å²) in [5.74, 6) is -0.761. The van der Waals surface area contributed by atoms with Gasteiger partial charge in [-0.1, -0.05) is 67.1 Å². The number of aryl methyl sites for hydroxylation is 1. The topological polar surface area (TPSA) is 86.8 Å². The number of hydrogen-bond acceptors (Lipinski definition) is 4. The number of amides is 2. The van der Waals surface area contributed by atoms with Gasteiger partial charge in [0, 0.05) is 17.6 Å². The van der Waals surface area contributed by atoms with Crippen LogP contribution in [0.1, 0.15) is 56.6 Å². The fraction of sp³-hybridized carbons (Fsp3) is 0.481. The molecule has 3 rings (SSSR count). The van der Waals surface area contributed by atoms with E-state index >= 15 is 0 Å². The minimum atomic E-state index is -3.84. The number of rotatable bonds is 10. The fourth-order valence-corrected chi connectivity index (χ4v) is 6.25. The maximum Gasteiger partial charge on any atom is 0.244 e. The van der Waals surface area contributed by atoms with E-state index in [4.69, 9.17) is 34.8 Å². The van der Waals surface area contributed by atoms with Crippen LogP contribution in [0.4, 0.5) is 5.69 Å². The first-order chi connectivity index (χ1) is 17.9. The molecule has 1 unspecified atom stereocenters. The number of benzene rings is 2. The van der Waals surface area contributed by atoms with Crippen LogP contribution >= 0.6 is 34.8 Å². The molecule has 208 valence electrons. The first-order valence-electron chi connectivity index (χ1n) is 12.7. The van der Waals surface area contributed by atoms with Gasteiger partial charge in [-0.2, -0.15) is 0 Å². The molecule has 2 aromatic carbocycles. The van der Waals surface area contributed by atoms with Crippen LogP contribution in [0.25, 0.3) is 0 Å². The summed E-state index contributed by atoms with van der Waals surface area (Å²) >= 11 is 18.4. The summed E-state index contributed by atoms with van der Waals surface area (Å²) in [7, 11) is -3.84. The maximum atomic E-state index is 13.9. The van der Waals surface area contributed by atoms with E-state index in [1.54, 1.807) is 43.3 Å². The van der Waals surface area contributed by atoms with Crippen molar-refractivity contribution in [3.63, 3.8) is 0 Å². The van der Waals surface area contributed by atoms with Crippen molar-refractivity contribution in [1.29, 1.82) is 0 Å². The van der Waals surface area contributed by atoms with Crippen LogP contribution in [0.2, 0.25) is 15.1 Å². The van der Waals surface area contributed by atoms with Gasteiger partial charge >= 0.3 is 0 Å². The van der Waals surface area contributed by atoms with Crippen molar-refractivity contribution in [3.8, 4) is 0 Å². The molecule has 1 aliphatic carbocycles. The molecule has 0 heterocycles. The first kappa shape index (κ1) is 30.5. The Morgan fingerprint density at radius 1 is 1.03 bits per heavy atom. The number of carbonyl (C=O) groups is 2. The Hall–Kier alpha value is -2.00. The van der Waals surface area contributed by atoms with Gasteiger partial charge in [-0.25, -0.2) is 8.42 Å². The Morgan fingerprint density at radius 3 is 2.29 bits per heavy atom. The molecule has 11 heteroatoms. The van der Waals surface area contributed by atoms with Crippen LogP contribution in [-0.4, -0.2) is 50.0 Å². The highest BCUT2D eigenvalue weighted by molar-refractivity contribution is 7.92. The van der Waals surface area contributed by atoms with Crippen LogP contribution in [0, 0.1) is 6.92 Å². The Bertz CT molecular complexity index is 1270. The molecule has 1 aliphatic rings. The Balaban J connectivity index is 1.95. The molecule has 1 N–H and O–H groups in total. The summed E-state index contributed by atoms with van der Waals surface area (Å²) in [5, 5.41) is 4.27. The van der Waals surface area contributed by atoms with Crippen molar-refractivity contribution in [2.24, 2.45) is 0 Å². The number of nitrogens with zero attached hydrogens (tertiary/aromatic N) is 2. The molecule has 2 amide bonds. The van der Waals surface area contributed by atoms with Crippen LogP contribution in [0.3, 0.4) is 0 Å². The lowest BCUT2D eigenvalue weighted by atomic mass is 9.95. The first-order valence-corrected chi connectivity index (χ1v) is 15.7. The van der Waals surface area contributed by atoms with Gasteiger partial charge in [0.2, 0.25) is 21.8 Å². The number of carbonyl (C=O) groups excluding carboxylic acids is 2. The van der Waals surface area contributed by atoms with Crippen LogP contribution < -0.4 is 9.62 Å². The summed E-state index contributed by atoms with van der Waals surface area (Å²) in [6.07, 6.45) is 6.46. The fourth-order valence-electron chi connectivity index (χ4n) is 4.79. The second kappa shape index (κ2) is 13.4. The molecule has 1 saturated carbocycles. The Kier molecular flexibility index (Phi) is 10.7. The smallest absolute Gasteiger partial charge is 0.244 e. The Labute approximate surface area is 240 Å². The normalized spacial score (nSPS) is 15.1. The highest BCUT2D eigenvalue weighted by atomic mass is 35.5. The van der Waals surface area contributed by atoms with E-state index < -0.39 is 28.5 Å². The van der Waals surface area contributed by atoms with Crippen molar-refractivity contribution < 1.29 is 18.0 Å². The highest BCUT2D eigenvalue weighted by Gasteiger charge is 2.33. The van der Waals surface area contributed by atoms with Crippen molar-refractivity contribution >= 4 is 62.3 Å². The second-order valence-electron chi connectivity index (χ2n) is 9.74. The van der Waals surface area contributed by atoms with E-state index in [0.29, 0.717) is 38.3 Å². The van der Waals surface area contributed by atoms with Gasteiger partial charge in [0.05, 0.1) is 22.0 Å². The molecule has 0 spiro atoms. The minimum absolute atomic E-state index is 0.0590. The summed E-state index contributed by atoms with van der Waals surface area (Å²) in [5.41, 5.74) is 1.62. The van der Waals surface area contributed by atoms with E-state index in [2.05, 4.69) is 5.32 Å². The molecule has 0 radical (unpaired) electrons. The number of sulfonamides is 1. The van der Waals surface area contributed by atoms with E-state index in [9.17, 15) is 18.0 Å². The molecular weight excluding hydrogens is 569 g/mol. The lowest BCUT2D eigenvalue weighted by Crippen LogP contribution is -2.54. The van der Waals surface area contributed by atoms with E-state index in [1.807, 2.05) is 6.92 Å². The molecule has 1 atom stereocenters. The second-order valence-corrected chi connectivity index (χ2v) is 12.9. The SMILES string of the molecule is CCC(C(=O)NC1CCCCC1)N(Cc1ccc(Cl)c(Cl)c1)C(=O)CN(c1ccc(Cl)cc1C)S(C)(=O)=O. The molecule has 0 bridgehead atoms. The van der Waals surface area contributed by atoms with Gasteiger partial charge in [0.25, 0.3) is 0 Å². The summed E-state index contributed by atoms with van der Waals surface area (Å²) in [6, 6.07) is 9.06. The van der Waals surface area contributed by atoms with Gasteiger partial charge in [0.15, 0.2) is 0 Å². The quantitative estimate of drug-likeness (QED) is 0.363. The third kappa shape index (κ3) is 8.01. The minimum Gasteiger partial charge on any atom is -0.352 e. The number of anilines is 1. The molecule has 2 aromatic rings. The largest absolute Gasteiger partial charge is 0.352 e. The van der Waals surface area contributed by atoms with Gasteiger partial charge in [-0.3, -0.25) is 13.9 Å². The van der Waals surface area contributed by atoms with Crippen molar-refractivity contribution in [2.75, 3.05) is 17.1 Å². The molecule has 0 aromatic heterocycles. The number of nitrogens with one attached hydrogen (secondary N) is 1. The van der Waals surface area contributed by atoms with Gasteiger partial charge < -0.3 is 10.2 Å². The predicted molar refractivity (Wildman–Crippen MR) is 154 cm³/mol. The van der Waals surface area contributed by atoms with Crippen molar-refractivity contribution in [1.82, 2.24) is 10.2 Å². The maximum absolute atomic E-state index is 13.9.